The standard InChI is InChI=1S/C20H14N4.Zn/c1-2-14-10-16-5-6-18(23-16)12-20-8-7-19(24-20)11-17-4-3-15(22-17)9-13(1)21-14;/h1-12,21-22H;/q;+2. The van der Waals surface area contributed by atoms with Crippen LogP contribution in [0, 0.1) is 0 Å². The van der Waals surface area contributed by atoms with Crippen molar-refractivity contribution in [3.8, 4) is 0 Å². The predicted molar refractivity (Wildman–Crippen MR) is 98.9 cm³/mol. The summed E-state index contributed by atoms with van der Waals surface area (Å²) in [5.74, 6) is 0. The third-order valence-electron chi connectivity index (χ3n) is 4.04. The van der Waals surface area contributed by atoms with Crippen LogP contribution in [-0.4, -0.2) is 19.9 Å². The van der Waals surface area contributed by atoms with Crippen LogP contribution in [0.1, 0.15) is 22.8 Å². The molecule has 2 aliphatic heterocycles. The second-order valence-electron chi connectivity index (χ2n) is 5.91. The maximum absolute atomic E-state index is 4.62. The number of nitrogens with zero attached hydrogens (tertiary/aromatic N) is 2. The molecule has 0 atom stereocenters. The first-order chi connectivity index (χ1) is 11.8. The van der Waals surface area contributed by atoms with Gasteiger partial charge in [-0.15, -0.1) is 0 Å². The molecule has 0 amide bonds. The van der Waals surface area contributed by atoms with Gasteiger partial charge in [0, 0.05) is 22.1 Å². The molecule has 0 radical (unpaired) electrons. The van der Waals surface area contributed by atoms with Crippen LogP contribution in [0.3, 0.4) is 0 Å². The van der Waals surface area contributed by atoms with Gasteiger partial charge < -0.3 is 9.97 Å². The summed E-state index contributed by atoms with van der Waals surface area (Å²) in [4.78, 5) is 16.0. The van der Waals surface area contributed by atoms with Crippen molar-refractivity contribution in [1.82, 2.24) is 19.9 Å². The van der Waals surface area contributed by atoms with E-state index < -0.39 is 0 Å². The largest absolute Gasteiger partial charge is 2.00 e. The molecule has 114 valence electrons. The first-order valence-electron chi connectivity index (χ1n) is 7.85. The molecule has 0 aliphatic carbocycles. The fourth-order valence-electron chi connectivity index (χ4n) is 2.94. The van der Waals surface area contributed by atoms with Gasteiger partial charge in [-0.1, -0.05) is 0 Å². The molecule has 5 rings (SSSR count). The van der Waals surface area contributed by atoms with Crippen molar-refractivity contribution in [2.75, 3.05) is 0 Å². The van der Waals surface area contributed by atoms with E-state index in [1.54, 1.807) is 0 Å². The Morgan fingerprint density at radius 2 is 0.840 bits per heavy atom. The number of hydrogen-bond donors (Lipinski definition) is 2. The van der Waals surface area contributed by atoms with Gasteiger partial charge >= 0.3 is 19.5 Å². The topological polar surface area (TPSA) is 57.4 Å². The maximum atomic E-state index is 4.62. The summed E-state index contributed by atoms with van der Waals surface area (Å²) >= 11 is 0. The van der Waals surface area contributed by atoms with Crippen LogP contribution in [0.4, 0.5) is 0 Å². The molecule has 8 bridgehead atoms. The van der Waals surface area contributed by atoms with Gasteiger partial charge in [0.25, 0.3) is 0 Å². The van der Waals surface area contributed by atoms with Crippen molar-refractivity contribution in [2.45, 2.75) is 0 Å². The van der Waals surface area contributed by atoms with Crippen LogP contribution in [-0.2, 0) is 19.5 Å². The van der Waals surface area contributed by atoms with Crippen LogP contribution in [0.15, 0.2) is 48.5 Å². The summed E-state index contributed by atoms with van der Waals surface area (Å²) in [6, 6.07) is 16.4. The Bertz CT molecular complexity index is 1080. The van der Waals surface area contributed by atoms with E-state index >= 15 is 0 Å². The molecule has 4 nitrogen and oxygen atoms in total. The first kappa shape index (κ1) is 15.7. The molecule has 25 heavy (non-hydrogen) atoms. The summed E-state index contributed by atoms with van der Waals surface area (Å²) in [5, 5.41) is 0. The fraction of sp³-hybridized carbons (Fsp3) is 0. The van der Waals surface area contributed by atoms with E-state index in [2.05, 4.69) is 50.3 Å². The Morgan fingerprint density at radius 3 is 1.28 bits per heavy atom. The van der Waals surface area contributed by atoms with Crippen molar-refractivity contribution >= 4 is 46.4 Å². The van der Waals surface area contributed by atoms with Gasteiger partial charge in [-0.05, 0) is 72.8 Å². The van der Waals surface area contributed by atoms with Crippen LogP contribution < -0.4 is 0 Å². The minimum Gasteiger partial charge on any atom is -0.355 e. The number of aromatic nitrogens is 4. The SMILES string of the molecule is C1=Cc2cc3ccc(cc4ccc(cc5nc(cc1n2)C=C5)[nH]4)[nH]3.[Zn+2]. The molecule has 0 fully saturated rings. The van der Waals surface area contributed by atoms with Crippen LogP contribution in [0.25, 0.3) is 46.4 Å². The molecule has 5 heterocycles. The molecule has 0 unspecified atom stereocenters. The zero-order valence-electron chi connectivity index (χ0n) is 13.5. The number of rotatable bonds is 0. The zero-order chi connectivity index (χ0) is 15.9. The second kappa shape index (κ2) is 6.26. The average molecular weight is 376 g/mol. The Kier molecular flexibility index (Phi) is 3.94. The Labute approximate surface area is 157 Å². The summed E-state index contributed by atoms with van der Waals surface area (Å²) < 4.78 is 0. The monoisotopic (exact) mass is 374 g/mol. The third kappa shape index (κ3) is 3.24. The molecule has 0 aromatic carbocycles. The summed E-state index contributed by atoms with van der Waals surface area (Å²) in [6.07, 6.45) is 8.05. The molecular weight excluding hydrogens is 362 g/mol. The van der Waals surface area contributed by atoms with Gasteiger partial charge in [0.1, 0.15) is 0 Å². The predicted octanol–water partition coefficient (Wildman–Crippen LogP) is 4.65. The van der Waals surface area contributed by atoms with Gasteiger partial charge in [-0.3, -0.25) is 0 Å². The zero-order valence-corrected chi connectivity index (χ0v) is 16.5. The molecule has 0 spiro atoms. The average Bonchev–Trinajstić information content (AvgIpc) is 3.32. The minimum atomic E-state index is 0. The molecule has 3 aromatic heterocycles. The van der Waals surface area contributed by atoms with Gasteiger partial charge in [0.2, 0.25) is 0 Å². The van der Waals surface area contributed by atoms with Gasteiger partial charge in [-0.25, -0.2) is 9.97 Å². The van der Waals surface area contributed by atoms with Gasteiger partial charge in [0.05, 0.1) is 22.8 Å². The Balaban J connectivity index is 0.00000157. The van der Waals surface area contributed by atoms with Crippen molar-refractivity contribution < 1.29 is 19.5 Å². The summed E-state index contributed by atoms with van der Waals surface area (Å²) in [6.45, 7) is 0. The van der Waals surface area contributed by atoms with Crippen LogP contribution in [0.2, 0.25) is 0 Å². The van der Waals surface area contributed by atoms with Gasteiger partial charge in [0.15, 0.2) is 0 Å². The van der Waals surface area contributed by atoms with Crippen LogP contribution >= 0.6 is 0 Å². The molecular formula is C20H14N4Zn+2. The van der Waals surface area contributed by atoms with Crippen molar-refractivity contribution in [1.29, 1.82) is 0 Å². The number of nitrogens with one attached hydrogen (secondary N) is 2. The molecule has 3 aromatic rings. The van der Waals surface area contributed by atoms with Crippen molar-refractivity contribution in [3.63, 3.8) is 0 Å². The molecule has 0 saturated heterocycles. The van der Waals surface area contributed by atoms with E-state index in [4.69, 9.17) is 0 Å². The summed E-state index contributed by atoms with van der Waals surface area (Å²) in [7, 11) is 0. The minimum absolute atomic E-state index is 0. The molecule has 2 N–H and O–H groups in total. The fourth-order valence-corrected chi connectivity index (χ4v) is 2.94. The van der Waals surface area contributed by atoms with E-state index in [0.29, 0.717) is 0 Å². The van der Waals surface area contributed by atoms with E-state index in [1.807, 2.05) is 42.5 Å². The number of hydrogen-bond acceptors (Lipinski definition) is 2. The molecule has 2 aliphatic rings. The quantitative estimate of drug-likeness (QED) is 0.387. The Hall–Kier alpha value is -2.78. The van der Waals surface area contributed by atoms with E-state index in [1.165, 1.54) is 0 Å². The number of aromatic amines is 2. The van der Waals surface area contributed by atoms with E-state index in [9.17, 15) is 0 Å². The van der Waals surface area contributed by atoms with E-state index in [-0.39, 0.29) is 19.5 Å². The van der Waals surface area contributed by atoms with Crippen molar-refractivity contribution in [2.24, 2.45) is 0 Å². The van der Waals surface area contributed by atoms with Crippen LogP contribution in [0.5, 0.6) is 0 Å². The van der Waals surface area contributed by atoms with Gasteiger partial charge in [-0.2, -0.15) is 0 Å². The molecule has 5 heteroatoms. The molecule has 0 saturated carbocycles. The van der Waals surface area contributed by atoms with E-state index in [0.717, 1.165) is 44.8 Å². The van der Waals surface area contributed by atoms with Crippen molar-refractivity contribution in [3.05, 3.63) is 71.3 Å². The first-order valence-corrected chi connectivity index (χ1v) is 7.85. The Morgan fingerprint density at radius 1 is 0.480 bits per heavy atom. The number of H-pyrrole nitrogens is 2. The summed E-state index contributed by atoms with van der Waals surface area (Å²) in [5.41, 5.74) is 7.86. The smallest absolute Gasteiger partial charge is 0.355 e. The normalized spacial score (nSPS) is 12.2. The maximum Gasteiger partial charge on any atom is 2.00 e. The number of fused-ring (bicyclic) bond motifs is 8. The second-order valence-corrected chi connectivity index (χ2v) is 5.91. The third-order valence-corrected chi connectivity index (χ3v) is 4.04.